The molecule has 93 valence electrons. The minimum Gasteiger partial charge on any atom is -0.493 e. The molecular formula is C13H14N3O2. The Balaban J connectivity index is 2.27. The van der Waals surface area contributed by atoms with E-state index in [4.69, 9.17) is 16.2 Å². The zero-order valence-electron chi connectivity index (χ0n) is 9.85. The van der Waals surface area contributed by atoms with Crippen LogP contribution in [0, 0.1) is 6.07 Å². The molecular weight excluding hydrogens is 230 g/mol. The molecule has 0 aliphatic heterocycles. The Hall–Kier alpha value is -2.14. The van der Waals surface area contributed by atoms with Gasteiger partial charge in [0.25, 0.3) is 5.91 Å². The van der Waals surface area contributed by atoms with Gasteiger partial charge in [-0.1, -0.05) is 6.07 Å². The summed E-state index contributed by atoms with van der Waals surface area (Å²) >= 11 is 0. The maximum atomic E-state index is 11.0. The van der Waals surface area contributed by atoms with E-state index in [1.807, 2.05) is 0 Å². The summed E-state index contributed by atoms with van der Waals surface area (Å²) in [5.74, 6) is 0.0420. The number of amides is 1. The lowest BCUT2D eigenvalue weighted by molar-refractivity contribution is 0.0996. The highest BCUT2D eigenvalue weighted by atomic mass is 16.5. The van der Waals surface area contributed by atoms with Crippen LogP contribution in [0.4, 0.5) is 0 Å². The number of hydrogen-bond acceptors (Lipinski definition) is 4. The summed E-state index contributed by atoms with van der Waals surface area (Å²) in [5, 5.41) is 0.881. The van der Waals surface area contributed by atoms with E-state index < -0.39 is 5.91 Å². The van der Waals surface area contributed by atoms with Crippen molar-refractivity contribution in [3.05, 3.63) is 36.0 Å². The number of nitrogens with zero attached hydrogens (tertiary/aromatic N) is 1. The van der Waals surface area contributed by atoms with Crippen LogP contribution in [0.5, 0.6) is 5.75 Å². The van der Waals surface area contributed by atoms with E-state index in [0.29, 0.717) is 24.4 Å². The molecule has 18 heavy (non-hydrogen) atoms. The van der Waals surface area contributed by atoms with Crippen LogP contribution >= 0.6 is 0 Å². The predicted molar refractivity (Wildman–Crippen MR) is 68.3 cm³/mol. The number of benzene rings is 1. The molecule has 0 saturated heterocycles. The van der Waals surface area contributed by atoms with Gasteiger partial charge in [-0.25, -0.2) is 4.98 Å². The molecule has 0 saturated carbocycles. The van der Waals surface area contributed by atoms with Crippen LogP contribution in [-0.4, -0.2) is 24.0 Å². The molecule has 0 spiro atoms. The first-order chi connectivity index (χ1) is 8.70. The lowest BCUT2D eigenvalue weighted by Gasteiger charge is -2.06. The summed E-state index contributed by atoms with van der Waals surface area (Å²) in [7, 11) is 0. The normalized spacial score (nSPS) is 10.5. The zero-order valence-corrected chi connectivity index (χ0v) is 9.85. The highest BCUT2D eigenvalue weighted by Crippen LogP contribution is 2.19. The Kier molecular flexibility index (Phi) is 3.74. The molecule has 5 nitrogen and oxygen atoms in total. The molecule has 1 heterocycles. The molecule has 0 atom stereocenters. The summed E-state index contributed by atoms with van der Waals surface area (Å²) in [6.45, 7) is 1.12. The van der Waals surface area contributed by atoms with Crippen molar-refractivity contribution in [2.75, 3.05) is 13.2 Å². The van der Waals surface area contributed by atoms with Crippen LogP contribution in [0.2, 0.25) is 0 Å². The van der Waals surface area contributed by atoms with Gasteiger partial charge in [0, 0.05) is 17.5 Å². The third kappa shape index (κ3) is 2.75. The van der Waals surface area contributed by atoms with Crippen molar-refractivity contribution in [2.45, 2.75) is 6.42 Å². The fraction of sp³-hybridized carbons (Fsp3) is 0.231. The number of pyridine rings is 1. The maximum absolute atomic E-state index is 11.0. The summed E-state index contributed by atoms with van der Waals surface area (Å²) < 4.78 is 5.46. The smallest absolute Gasteiger partial charge is 0.267 e. The second-order valence-corrected chi connectivity index (χ2v) is 3.82. The van der Waals surface area contributed by atoms with E-state index in [1.165, 1.54) is 0 Å². The SMILES string of the molecule is NCCCOc1[c]cc2ccc(C(N)=O)nc2c1. The summed E-state index contributed by atoms with van der Waals surface area (Å²) in [4.78, 5) is 15.2. The number of hydrogen-bond donors (Lipinski definition) is 2. The van der Waals surface area contributed by atoms with Gasteiger partial charge < -0.3 is 16.2 Å². The summed E-state index contributed by atoms with van der Waals surface area (Å²) in [6, 6.07) is 9.87. The molecule has 1 amide bonds. The monoisotopic (exact) mass is 244 g/mol. The Morgan fingerprint density at radius 2 is 2.28 bits per heavy atom. The number of ether oxygens (including phenoxy) is 1. The van der Waals surface area contributed by atoms with Gasteiger partial charge in [-0.15, -0.1) is 0 Å². The van der Waals surface area contributed by atoms with E-state index in [1.54, 1.807) is 24.3 Å². The average Bonchev–Trinajstić information content (AvgIpc) is 2.38. The average molecular weight is 244 g/mol. The fourth-order valence-electron chi connectivity index (χ4n) is 1.52. The van der Waals surface area contributed by atoms with E-state index in [0.717, 1.165) is 11.8 Å². The zero-order chi connectivity index (χ0) is 13.0. The number of carbonyl (C=O) groups excluding carboxylic acids is 1. The molecule has 1 aromatic heterocycles. The van der Waals surface area contributed by atoms with Crippen molar-refractivity contribution in [1.29, 1.82) is 0 Å². The Morgan fingerprint density at radius 3 is 3.00 bits per heavy atom. The number of carbonyl (C=O) groups is 1. The van der Waals surface area contributed by atoms with Crippen molar-refractivity contribution in [3.63, 3.8) is 0 Å². The van der Waals surface area contributed by atoms with E-state index in [-0.39, 0.29) is 5.69 Å². The molecule has 1 aromatic carbocycles. The number of aromatic nitrogens is 1. The number of nitrogens with two attached hydrogens (primary N) is 2. The first kappa shape index (κ1) is 12.3. The molecule has 1 radical (unpaired) electrons. The molecule has 0 bridgehead atoms. The van der Waals surface area contributed by atoms with Crippen molar-refractivity contribution in [2.24, 2.45) is 11.5 Å². The second kappa shape index (κ2) is 5.46. The Bertz CT molecular complexity index is 569. The minimum atomic E-state index is -0.546. The molecule has 5 heteroatoms. The first-order valence-corrected chi connectivity index (χ1v) is 5.66. The lowest BCUT2D eigenvalue weighted by Crippen LogP contribution is -2.12. The topological polar surface area (TPSA) is 91.2 Å². The van der Waals surface area contributed by atoms with Crippen molar-refractivity contribution in [1.82, 2.24) is 4.98 Å². The standard InChI is InChI=1S/C13H14N3O2/c14-6-1-7-18-10-4-2-9-3-5-11(13(15)17)16-12(9)8-10/h2-3,5,8H,1,6-7,14H2,(H2,15,17). The Labute approximate surface area is 105 Å². The third-order valence-electron chi connectivity index (χ3n) is 2.45. The largest absolute Gasteiger partial charge is 0.493 e. The van der Waals surface area contributed by atoms with Crippen LogP contribution in [0.15, 0.2) is 24.3 Å². The van der Waals surface area contributed by atoms with Gasteiger partial charge in [-0.3, -0.25) is 4.79 Å². The lowest BCUT2D eigenvalue weighted by atomic mass is 10.2. The number of fused-ring (bicyclic) bond motifs is 1. The maximum Gasteiger partial charge on any atom is 0.267 e. The van der Waals surface area contributed by atoms with Gasteiger partial charge in [0.15, 0.2) is 0 Å². The van der Waals surface area contributed by atoms with Crippen molar-refractivity contribution in [3.8, 4) is 5.75 Å². The van der Waals surface area contributed by atoms with Crippen LogP contribution in [0.1, 0.15) is 16.9 Å². The third-order valence-corrected chi connectivity index (χ3v) is 2.45. The van der Waals surface area contributed by atoms with Gasteiger partial charge in [0.2, 0.25) is 0 Å². The van der Waals surface area contributed by atoms with E-state index in [9.17, 15) is 4.79 Å². The van der Waals surface area contributed by atoms with Gasteiger partial charge in [-0.05, 0) is 25.1 Å². The van der Waals surface area contributed by atoms with E-state index >= 15 is 0 Å². The molecule has 0 unspecified atom stereocenters. The van der Waals surface area contributed by atoms with Crippen LogP contribution < -0.4 is 16.2 Å². The highest BCUT2D eigenvalue weighted by Gasteiger charge is 2.04. The molecule has 2 rings (SSSR count). The fourth-order valence-corrected chi connectivity index (χ4v) is 1.52. The highest BCUT2D eigenvalue weighted by molar-refractivity contribution is 5.93. The summed E-state index contributed by atoms with van der Waals surface area (Å²) in [6.07, 6.45) is 0.778. The number of rotatable bonds is 5. The Morgan fingerprint density at radius 1 is 1.44 bits per heavy atom. The number of primary amides is 1. The summed E-state index contributed by atoms with van der Waals surface area (Å²) in [5.41, 5.74) is 11.5. The minimum absolute atomic E-state index is 0.238. The van der Waals surface area contributed by atoms with Gasteiger partial charge >= 0.3 is 0 Å². The molecule has 0 aliphatic rings. The van der Waals surface area contributed by atoms with Crippen LogP contribution in [-0.2, 0) is 0 Å². The quantitative estimate of drug-likeness (QED) is 0.763. The van der Waals surface area contributed by atoms with Gasteiger partial charge in [0.05, 0.1) is 12.1 Å². The second-order valence-electron chi connectivity index (χ2n) is 3.82. The van der Waals surface area contributed by atoms with Crippen molar-refractivity contribution >= 4 is 16.8 Å². The van der Waals surface area contributed by atoms with Crippen LogP contribution in [0.3, 0.4) is 0 Å². The van der Waals surface area contributed by atoms with Crippen LogP contribution in [0.25, 0.3) is 10.9 Å². The first-order valence-electron chi connectivity index (χ1n) is 5.66. The van der Waals surface area contributed by atoms with Gasteiger partial charge in [-0.2, -0.15) is 0 Å². The molecule has 2 aromatic rings. The van der Waals surface area contributed by atoms with E-state index in [2.05, 4.69) is 11.1 Å². The molecule has 0 aliphatic carbocycles. The molecule has 4 N–H and O–H groups in total. The van der Waals surface area contributed by atoms with Crippen molar-refractivity contribution < 1.29 is 9.53 Å². The predicted octanol–water partition coefficient (Wildman–Crippen LogP) is 0.861. The van der Waals surface area contributed by atoms with Gasteiger partial charge in [0.1, 0.15) is 11.4 Å². The molecule has 0 fully saturated rings.